The third-order valence-electron chi connectivity index (χ3n) is 5.50. The van der Waals surface area contributed by atoms with E-state index in [0.29, 0.717) is 22.4 Å². The molecule has 0 bridgehead atoms. The van der Waals surface area contributed by atoms with Crippen LogP contribution in [0.5, 0.6) is 0 Å². The van der Waals surface area contributed by atoms with Gasteiger partial charge in [0.15, 0.2) is 5.78 Å². The maximum Gasteiger partial charge on any atom is 0.354 e. The number of hydrogen-bond donors (Lipinski definition) is 1. The van der Waals surface area contributed by atoms with Crippen LogP contribution in [-0.4, -0.2) is 39.8 Å². The number of nitrogens with zero attached hydrogens (tertiary/aromatic N) is 3. The second kappa shape index (κ2) is 5.17. The van der Waals surface area contributed by atoms with E-state index in [0.717, 1.165) is 25.9 Å². The van der Waals surface area contributed by atoms with E-state index < -0.39 is 5.97 Å². The van der Waals surface area contributed by atoms with Gasteiger partial charge in [-0.2, -0.15) is 5.26 Å². The normalized spacial score (nSPS) is 21.5. The average Bonchev–Trinajstić information content (AvgIpc) is 3.33. The number of pyridine rings is 1. The summed E-state index contributed by atoms with van der Waals surface area (Å²) in [5.41, 5.74) is 2.24. The minimum Gasteiger partial charge on any atom is -0.477 e. The number of Topliss-reactive ketones (excluding diaryl/α,β-unsaturated/α-hetero) is 1. The largest absolute Gasteiger partial charge is 0.477 e. The number of carboxylic acid groups (broad SMARTS) is 1. The number of allylic oxidation sites excluding steroid dienone is 1. The van der Waals surface area contributed by atoms with Crippen LogP contribution in [0.4, 0.5) is 0 Å². The fourth-order valence-corrected chi connectivity index (χ4v) is 3.77. The Morgan fingerprint density at radius 1 is 1.25 bits per heavy atom. The maximum absolute atomic E-state index is 12.3. The van der Waals surface area contributed by atoms with E-state index in [1.54, 1.807) is 6.07 Å². The number of carbonyl (C=O) groups excluding carboxylic acids is 1. The lowest BCUT2D eigenvalue weighted by Crippen LogP contribution is -2.36. The second-order valence-corrected chi connectivity index (χ2v) is 6.93. The number of ketones is 1. The van der Waals surface area contributed by atoms with Crippen molar-refractivity contribution in [2.75, 3.05) is 13.1 Å². The molecule has 0 unspecified atom stereocenters. The summed E-state index contributed by atoms with van der Waals surface area (Å²) in [5, 5.41) is 18.7. The van der Waals surface area contributed by atoms with Gasteiger partial charge in [-0.05, 0) is 42.7 Å². The predicted molar refractivity (Wildman–Crippen MR) is 84.9 cm³/mol. The van der Waals surface area contributed by atoms with Crippen LogP contribution >= 0.6 is 0 Å². The van der Waals surface area contributed by atoms with Crippen LogP contribution < -0.4 is 0 Å². The Kier molecular flexibility index (Phi) is 3.20. The maximum atomic E-state index is 12.3. The molecular formula is C18H17N3O3. The van der Waals surface area contributed by atoms with Gasteiger partial charge in [0.1, 0.15) is 17.3 Å². The zero-order valence-corrected chi connectivity index (χ0v) is 13.2. The first-order chi connectivity index (χ1) is 11.5. The summed E-state index contributed by atoms with van der Waals surface area (Å²) in [6, 6.07) is 5.09. The summed E-state index contributed by atoms with van der Waals surface area (Å²) >= 11 is 0. The van der Waals surface area contributed by atoms with Gasteiger partial charge in [-0.25, -0.2) is 9.78 Å². The molecule has 4 rings (SSSR count). The highest BCUT2D eigenvalue weighted by Gasteiger charge is 2.45. The van der Waals surface area contributed by atoms with Crippen molar-refractivity contribution in [2.45, 2.75) is 32.1 Å². The zero-order valence-electron chi connectivity index (χ0n) is 13.2. The number of carbonyl (C=O) groups is 2. The first-order valence-corrected chi connectivity index (χ1v) is 8.19. The number of likely N-dealkylation sites (tertiary alicyclic amines) is 1. The molecule has 1 spiro atoms. The quantitative estimate of drug-likeness (QED) is 0.895. The molecule has 2 aliphatic carbocycles. The van der Waals surface area contributed by atoms with Crippen LogP contribution in [0.3, 0.4) is 0 Å². The summed E-state index contributed by atoms with van der Waals surface area (Å²) in [6.45, 7) is 1.57. The molecule has 1 aromatic rings. The Hall–Kier alpha value is -2.68. The summed E-state index contributed by atoms with van der Waals surface area (Å²) in [6.07, 6.45) is 4.74. The van der Waals surface area contributed by atoms with Gasteiger partial charge in [-0.15, -0.1) is 0 Å². The first-order valence-electron chi connectivity index (χ1n) is 8.19. The van der Waals surface area contributed by atoms with Crippen molar-refractivity contribution < 1.29 is 14.7 Å². The molecule has 24 heavy (non-hydrogen) atoms. The molecule has 1 saturated heterocycles. The topological polar surface area (TPSA) is 94.3 Å². The summed E-state index contributed by atoms with van der Waals surface area (Å²) in [4.78, 5) is 29.9. The van der Waals surface area contributed by atoms with E-state index >= 15 is 0 Å². The molecule has 1 aliphatic heterocycles. The molecule has 1 N–H and O–H groups in total. The second-order valence-electron chi connectivity index (χ2n) is 6.93. The molecule has 2 heterocycles. The monoisotopic (exact) mass is 323 g/mol. The molecular weight excluding hydrogens is 306 g/mol. The number of rotatable bonds is 2. The lowest BCUT2D eigenvalue weighted by atomic mass is 9.88. The van der Waals surface area contributed by atoms with E-state index in [9.17, 15) is 20.0 Å². The van der Waals surface area contributed by atoms with E-state index in [2.05, 4.69) is 9.88 Å². The van der Waals surface area contributed by atoms with Crippen LogP contribution in [-0.2, 0) is 11.2 Å². The zero-order chi connectivity index (χ0) is 16.9. The van der Waals surface area contributed by atoms with E-state index in [1.807, 2.05) is 6.07 Å². The van der Waals surface area contributed by atoms with Gasteiger partial charge in [0.25, 0.3) is 0 Å². The lowest BCUT2D eigenvalue weighted by molar-refractivity contribution is -0.114. The van der Waals surface area contributed by atoms with Gasteiger partial charge in [0, 0.05) is 19.5 Å². The van der Waals surface area contributed by atoms with Crippen LogP contribution in [0.2, 0.25) is 0 Å². The van der Waals surface area contributed by atoms with Gasteiger partial charge in [-0.3, -0.25) is 4.79 Å². The van der Waals surface area contributed by atoms with Crippen LogP contribution in [0, 0.1) is 16.7 Å². The first kappa shape index (κ1) is 14.9. The standard InChI is InChI=1S/C18H17N3O3/c19-10-12-14(22)9-11-1-2-13(17(23)24)20-15(11)16(12)21-7-5-18(3-4-18)6-8-21/h1-2H,3-9H2,(H,23,24). The molecule has 122 valence electrons. The van der Waals surface area contributed by atoms with Crippen molar-refractivity contribution in [3.63, 3.8) is 0 Å². The minimum absolute atomic E-state index is 0.0615. The van der Waals surface area contributed by atoms with Crippen molar-refractivity contribution in [3.8, 4) is 6.07 Å². The third kappa shape index (κ3) is 2.28. The molecule has 0 aromatic carbocycles. The number of aromatic carboxylic acids is 1. The minimum atomic E-state index is -1.11. The van der Waals surface area contributed by atoms with Crippen molar-refractivity contribution in [1.82, 2.24) is 9.88 Å². The van der Waals surface area contributed by atoms with E-state index in [4.69, 9.17) is 0 Å². The average molecular weight is 323 g/mol. The van der Waals surface area contributed by atoms with Crippen molar-refractivity contribution in [3.05, 3.63) is 34.7 Å². The van der Waals surface area contributed by atoms with Crippen molar-refractivity contribution >= 4 is 17.4 Å². The highest BCUT2D eigenvalue weighted by atomic mass is 16.4. The molecule has 6 heteroatoms. The Morgan fingerprint density at radius 3 is 2.54 bits per heavy atom. The SMILES string of the molecule is N#CC1=C(N2CCC3(CC2)CC3)c2nc(C(=O)O)ccc2CC1=O. The Bertz CT molecular complexity index is 820. The molecule has 0 atom stereocenters. The smallest absolute Gasteiger partial charge is 0.354 e. The van der Waals surface area contributed by atoms with Crippen molar-refractivity contribution in [2.24, 2.45) is 5.41 Å². The molecule has 1 saturated carbocycles. The Balaban J connectivity index is 1.79. The highest BCUT2D eigenvalue weighted by Crippen LogP contribution is 2.54. The predicted octanol–water partition coefficient (Wildman–Crippen LogP) is 2.02. The van der Waals surface area contributed by atoms with Gasteiger partial charge < -0.3 is 10.0 Å². The molecule has 0 radical (unpaired) electrons. The van der Waals surface area contributed by atoms with E-state index in [1.165, 1.54) is 18.9 Å². The number of hydrogen-bond acceptors (Lipinski definition) is 5. The van der Waals surface area contributed by atoms with Gasteiger partial charge in [0.2, 0.25) is 0 Å². The fraction of sp³-hybridized carbons (Fsp3) is 0.444. The third-order valence-corrected chi connectivity index (χ3v) is 5.50. The summed E-state index contributed by atoms with van der Waals surface area (Å²) in [7, 11) is 0. The molecule has 3 aliphatic rings. The van der Waals surface area contributed by atoms with Gasteiger partial charge in [-0.1, -0.05) is 6.07 Å². The molecule has 6 nitrogen and oxygen atoms in total. The fourth-order valence-electron chi connectivity index (χ4n) is 3.77. The Morgan fingerprint density at radius 2 is 1.96 bits per heavy atom. The van der Waals surface area contributed by atoms with Crippen LogP contribution in [0.1, 0.15) is 47.4 Å². The van der Waals surface area contributed by atoms with Gasteiger partial charge >= 0.3 is 5.97 Å². The Labute approximate surface area is 139 Å². The molecule has 1 aromatic heterocycles. The lowest BCUT2D eigenvalue weighted by Gasteiger charge is -2.37. The molecule has 2 fully saturated rings. The number of nitriles is 1. The molecule has 0 amide bonds. The number of aromatic nitrogens is 1. The number of fused-ring (bicyclic) bond motifs is 1. The van der Waals surface area contributed by atoms with Crippen molar-refractivity contribution in [1.29, 1.82) is 5.26 Å². The van der Waals surface area contributed by atoms with Crippen LogP contribution in [0.25, 0.3) is 5.70 Å². The van der Waals surface area contributed by atoms with Gasteiger partial charge in [0.05, 0.1) is 11.4 Å². The number of piperidine rings is 1. The highest BCUT2D eigenvalue weighted by molar-refractivity contribution is 6.09. The number of carboxylic acids is 1. The van der Waals surface area contributed by atoms with Crippen LogP contribution in [0.15, 0.2) is 17.7 Å². The van der Waals surface area contributed by atoms with E-state index in [-0.39, 0.29) is 23.5 Å². The summed E-state index contributed by atoms with van der Waals surface area (Å²) < 4.78 is 0. The summed E-state index contributed by atoms with van der Waals surface area (Å²) in [5.74, 6) is -1.32.